The highest BCUT2D eigenvalue weighted by Crippen LogP contribution is 2.34. The number of likely N-dealkylation sites (tertiary alicyclic amines) is 1. The van der Waals surface area contributed by atoms with Crippen LogP contribution in [0.1, 0.15) is 28.2 Å². The molecular weight excluding hydrogens is 360 g/mol. The SMILES string of the molecule is Cc1nn(-c2ccccc2)c2sc(C(=O)N3CCC[C@@H]4C(=O)NC[C@H]43)cc12. The van der Waals surface area contributed by atoms with Crippen LogP contribution in [0.5, 0.6) is 0 Å². The first-order chi connectivity index (χ1) is 13.1. The Kier molecular flexibility index (Phi) is 3.79. The Hall–Kier alpha value is -2.67. The van der Waals surface area contributed by atoms with E-state index in [2.05, 4.69) is 10.4 Å². The highest BCUT2D eigenvalue weighted by Gasteiger charge is 2.43. The van der Waals surface area contributed by atoms with E-state index in [4.69, 9.17) is 0 Å². The van der Waals surface area contributed by atoms with Gasteiger partial charge < -0.3 is 10.2 Å². The molecule has 2 atom stereocenters. The van der Waals surface area contributed by atoms with Crippen molar-refractivity contribution >= 4 is 33.4 Å². The van der Waals surface area contributed by atoms with E-state index in [-0.39, 0.29) is 23.8 Å². The van der Waals surface area contributed by atoms with Crippen LogP contribution in [0.15, 0.2) is 36.4 Å². The summed E-state index contributed by atoms with van der Waals surface area (Å²) in [5.41, 5.74) is 1.90. The molecule has 5 rings (SSSR count). The standard InChI is InChI=1S/C20H20N4O2S/c1-12-15-10-17(27-20(15)24(22-12)13-6-3-2-4-7-13)19(26)23-9-5-8-14-16(23)11-21-18(14)25/h2-4,6-7,10,14,16H,5,8-9,11H2,1H3,(H,21,25)/t14-,16+/m0/s1. The second kappa shape index (κ2) is 6.20. The Morgan fingerprint density at radius 2 is 2.11 bits per heavy atom. The van der Waals surface area contributed by atoms with E-state index in [0.717, 1.165) is 39.3 Å². The van der Waals surface area contributed by atoms with Crippen molar-refractivity contribution in [1.29, 1.82) is 0 Å². The highest BCUT2D eigenvalue weighted by atomic mass is 32.1. The zero-order valence-electron chi connectivity index (χ0n) is 15.0. The summed E-state index contributed by atoms with van der Waals surface area (Å²) in [7, 11) is 0. The van der Waals surface area contributed by atoms with E-state index in [1.54, 1.807) is 0 Å². The smallest absolute Gasteiger partial charge is 0.264 e. The van der Waals surface area contributed by atoms with Crippen LogP contribution in [0.4, 0.5) is 0 Å². The Bertz CT molecular complexity index is 1040. The van der Waals surface area contributed by atoms with Gasteiger partial charge in [-0.1, -0.05) is 18.2 Å². The number of amides is 2. The Balaban J connectivity index is 1.52. The number of rotatable bonds is 2. The zero-order valence-corrected chi connectivity index (χ0v) is 15.8. The largest absolute Gasteiger partial charge is 0.354 e. The summed E-state index contributed by atoms with van der Waals surface area (Å²) < 4.78 is 1.91. The number of benzene rings is 1. The van der Waals surface area contributed by atoms with Crippen molar-refractivity contribution in [2.24, 2.45) is 5.92 Å². The van der Waals surface area contributed by atoms with E-state index in [1.807, 2.05) is 52.9 Å². The minimum Gasteiger partial charge on any atom is -0.354 e. The van der Waals surface area contributed by atoms with Gasteiger partial charge in [0.05, 0.1) is 28.2 Å². The third kappa shape index (κ3) is 2.56. The molecule has 6 nitrogen and oxygen atoms in total. The van der Waals surface area contributed by atoms with Crippen molar-refractivity contribution < 1.29 is 9.59 Å². The molecule has 3 aromatic rings. The third-order valence-corrected chi connectivity index (χ3v) is 6.72. The van der Waals surface area contributed by atoms with Crippen molar-refractivity contribution in [3.05, 3.63) is 47.0 Å². The van der Waals surface area contributed by atoms with Gasteiger partial charge in [-0.05, 0) is 38.0 Å². The first-order valence-electron chi connectivity index (χ1n) is 9.27. The van der Waals surface area contributed by atoms with Crippen LogP contribution < -0.4 is 5.32 Å². The molecular formula is C20H20N4O2S. The summed E-state index contributed by atoms with van der Waals surface area (Å²) in [4.78, 5) is 28.8. The van der Waals surface area contributed by atoms with E-state index in [0.29, 0.717) is 13.1 Å². The molecule has 27 heavy (non-hydrogen) atoms. The van der Waals surface area contributed by atoms with Crippen LogP contribution >= 0.6 is 11.3 Å². The van der Waals surface area contributed by atoms with Gasteiger partial charge in [0.25, 0.3) is 5.91 Å². The molecule has 0 unspecified atom stereocenters. The van der Waals surface area contributed by atoms with Crippen LogP contribution in [0, 0.1) is 12.8 Å². The molecule has 7 heteroatoms. The molecule has 0 radical (unpaired) electrons. The molecule has 4 heterocycles. The lowest BCUT2D eigenvalue weighted by atomic mass is 9.91. The second-order valence-corrected chi connectivity index (χ2v) is 8.25. The Morgan fingerprint density at radius 1 is 1.30 bits per heavy atom. The summed E-state index contributed by atoms with van der Waals surface area (Å²) in [6.07, 6.45) is 1.75. The predicted molar refractivity (Wildman–Crippen MR) is 104 cm³/mol. The van der Waals surface area contributed by atoms with Gasteiger partial charge in [-0.2, -0.15) is 5.10 Å². The molecule has 0 saturated carbocycles. The van der Waals surface area contributed by atoms with Crippen LogP contribution in [-0.4, -0.2) is 45.6 Å². The molecule has 2 aliphatic heterocycles. The zero-order chi connectivity index (χ0) is 18.5. The van der Waals surface area contributed by atoms with Crippen molar-refractivity contribution in [2.45, 2.75) is 25.8 Å². The molecule has 2 aliphatic rings. The van der Waals surface area contributed by atoms with Gasteiger partial charge >= 0.3 is 0 Å². The number of nitrogens with one attached hydrogen (secondary N) is 1. The lowest BCUT2D eigenvalue weighted by Crippen LogP contribution is -2.48. The number of thiophene rings is 1. The predicted octanol–water partition coefficient (Wildman–Crippen LogP) is 2.75. The van der Waals surface area contributed by atoms with Gasteiger partial charge in [-0.25, -0.2) is 4.68 Å². The maximum Gasteiger partial charge on any atom is 0.264 e. The maximum atomic E-state index is 13.2. The van der Waals surface area contributed by atoms with E-state index < -0.39 is 0 Å². The number of aromatic nitrogens is 2. The molecule has 1 aromatic carbocycles. The summed E-state index contributed by atoms with van der Waals surface area (Å²) in [5.74, 6) is 0.0597. The molecule has 138 valence electrons. The molecule has 2 saturated heterocycles. The molecule has 2 fully saturated rings. The van der Waals surface area contributed by atoms with E-state index >= 15 is 0 Å². The fourth-order valence-electron chi connectivity index (χ4n) is 4.24. The summed E-state index contributed by atoms with van der Waals surface area (Å²) in [6, 6.07) is 11.9. The topological polar surface area (TPSA) is 67.2 Å². The Labute approximate surface area is 160 Å². The van der Waals surface area contributed by atoms with Gasteiger partial charge in [0.15, 0.2) is 0 Å². The molecule has 0 spiro atoms. The average molecular weight is 380 g/mol. The molecule has 0 bridgehead atoms. The minimum absolute atomic E-state index is 0.0179. The number of nitrogens with zero attached hydrogens (tertiary/aromatic N) is 3. The number of hydrogen-bond acceptors (Lipinski definition) is 4. The number of carbonyl (C=O) groups is 2. The first kappa shape index (κ1) is 16.5. The van der Waals surface area contributed by atoms with E-state index in [1.165, 1.54) is 11.3 Å². The first-order valence-corrected chi connectivity index (χ1v) is 10.1. The quantitative estimate of drug-likeness (QED) is 0.743. The number of hydrogen-bond donors (Lipinski definition) is 1. The average Bonchev–Trinajstić information content (AvgIpc) is 3.37. The second-order valence-electron chi connectivity index (χ2n) is 7.22. The van der Waals surface area contributed by atoms with Crippen LogP contribution in [-0.2, 0) is 4.79 Å². The van der Waals surface area contributed by atoms with Gasteiger partial charge in [-0.3, -0.25) is 9.59 Å². The number of aryl methyl sites for hydroxylation is 1. The molecule has 2 aromatic heterocycles. The molecule has 2 amide bonds. The summed E-state index contributed by atoms with van der Waals surface area (Å²) in [6.45, 7) is 3.25. The number of para-hydroxylation sites is 1. The van der Waals surface area contributed by atoms with Gasteiger partial charge in [0.2, 0.25) is 5.91 Å². The third-order valence-electron chi connectivity index (χ3n) is 5.62. The number of carbonyl (C=O) groups excluding carboxylic acids is 2. The van der Waals surface area contributed by atoms with Crippen molar-refractivity contribution in [3.8, 4) is 5.69 Å². The summed E-state index contributed by atoms with van der Waals surface area (Å²) >= 11 is 1.48. The Morgan fingerprint density at radius 3 is 2.93 bits per heavy atom. The van der Waals surface area contributed by atoms with Crippen molar-refractivity contribution in [2.75, 3.05) is 13.1 Å². The van der Waals surface area contributed by atoms with Crippen LogP contribution in [0.3, 0.4) is 0 Å². The van der Waals surface area contributed by atoms with Crippen molar-refractivity contribution in [1.82, 2.24) is 20.0 Å². The summed E-state index contributed by atoms with van der Waals surface area (Å²) in [5, 5.41) is 8.57. The highest BCUT2D eigenvalue weighted by molar-refractivity contribution is 7.20. The van der Waals surface area contributed by atoms with Crippen LogP contribution in [0.2, 0.25) is 0 Å². The maximum absolute atomic E-state index is 13.2. The molecule has 1 N–H and O–H groups in total. The van der Waals surface area contributed by atoms with Gasteiger partial charge in [0.1, 0.15) is 4.83 Å². The molecule has 0 aliphatic carbocycles. The number of piperidine rings is 1. The fraction of sp³-hybridized carbons (Fsp3) is 0.350. The van der Waals surface area contributed by atoms with Gasteiger partial charge in [0, 0.05) is 18.5 Å². The van der Waals surface area contributed by atoms with Crippen LogP contribution in [0.25, 0.3) is 15.9 Å². The lowest BCUT2D eigenvalue weighted by Gasteiger charge is -2.35. The minimum atomic E-state index is -0.0568. The number of fused-ring (bicyclic) bond motifs is 2. The fourth-order valence-corrected chi connectivity index (χ4v) is 5.38. The monoisotopic (exact) mass is 380 g/mol. The van der Waals surface area contributed by atoms with Gasteiger partial charge in [-0.15, -0.1) is 11.3 Å². The normalized spacial score (nSPS) is 22.1. The van der Waals surface area contributed by atoms with Crippen molar-refractivity contribution in [3.63, 3.8) is 0 Å². The van der Waals surface area contributed by atoms with E-state index in [9.17, 15) is 9.59 Å². The lowest BCUT2D eigenvalue weighted by molar-refractivity contribution is -0.123.